The molecule has 0 aliphatic rings. The van der Waals surface area contributed by atoms with Crippen LogP contribution in [0.3, 0.4) is 0 Å². The summed E-state index contributed by atoms with van der Waals surface area (Å²) < 4.78 is 25.1. The first kappa shape index (κ1) is 26.6. The second-order valence-corrected chi connectivity index (χ2v) is 9.75. The lowest BCUT2D eigenvalue weighted by atomic mass is 10.1. The number of methoxy groups -OCH3 is 2. The standard InChI is InChI=1S/C27H34FN3O3S/c1-19(2)11-13-29-27(32)23-18-35-26(30-23)17-31(16-21-7-5-6-8-22(21)28)14-12-20-9-10-24(33-3)25(15-20)34-4/h5-10,15,18-19H,11-14,16-17H2,1-4H3,(H,29,32). The number of benzene rings is 2. The van der Waals surface area contributed by atoms with Crippen LogP contribution in [-0.4, -0.2) is 43.1 Å². The number of thiazole rings is 1. The summed E-state index contributed by atoms with van der Waals surface area (Å²) in [7, 11) is 3.23. The molecule has 0 radical (unpaired) electrons. The number of amides is 1. The molecule has 1 N–H and O–H groups in total. The highest BCUT2D eigenvalue weighted by molar-refractivity contribution is 7.09. The first-order valence-electron chi connectivity index (χ1n) is 11.8. The molecule has 0 aliphatic heterocycles. The topological polar surface area (TPSA) is 63.7 Å². The van der Waals surface area contributed by atoms with Gasteiger partial charge in [-0.15, -0.1) is 11.3 Å². The van der Waals surface area contributed by atoms with Crippen molar-refractivity contribution in [1.29, 1.82) is 0 Å². The Balaban J connectivity index is 1.70. The van der Waals surface area contributed by atoms with E-state index in [1.807, 2.05) is 24.3 Å². The van der Waals surface area contributed by atoms with E-state index < -0.39 is 0 Å². The number of ether oxygens (including phenoxy) is 2. The number of aromatic nitrogens is 1. The van der Waals surface area contributed by atoms with Crippen molar-refractivity contribution in [3.05, 3.63) is 75.5 Å². The van der Waals surface area contributed by atoms with E-state index in [2.05, 4.69) is 29.0 Å². The molecular weight excluding hydrogens is 465 g/mol. The van der Waals surface area contributed by atoms with E-state index in [0.29, 0.717) is 54.9 Å². The van der Waals surface area contributed by atoms with Gasteiger partial charge in [-0.3, -0.25) is 9.69 Å². The second-order valence-electron chi connectivity index (χ2n) is 8.81. The van der Waals surface area contributed by atoms with Crippen molar-refractivity contribution in [3.63, 3.8) is 0 Å². The Kier molecular flexibility index (Phi) is 10.0. The molecule has 0 aliphatic carbocycles. The maximum Gasteiger partial charge on any atom is 0.270 e. The molecule has 0 saturated heterocycles. The number of rotatable bonds is 13. The zero-order valence-corrected chi connectivity index (χ0v) is 21.7. The van der Waals surface area contributed by atoms with Crippen LogP contribution < -0.4 is 14.8 Å². The van der Waals surface area contributed by atoms with E-state index in [0.717, 1.165) is 23.4 Å². The van der Waals surface area contributed by atoms with E-state index in [4.69, 9.17) is 9.47 Å². The Labute approximate surface area is 211 Å². The fourth-order valence-corrected chi connectivity index (χ4v) is 4.46. The van der Waals surface area contributed by atoms with Crippen molar-refractivity contribution in [2.75, 3.05) is 27.3 Å². The average molecular weight is 500 g/mol. The zero-order valence-electron chi connectivity index (χ0n) is 20.8. The molecule has 6 nitrogen and oxygen atoms in total. The highest BCUT2D eigenvalue weighted by Gasteiger charge is 2.16. The van der Waals surface area contributed by atoms with Crippen LogP contribution >= 0.6 is 11.3 Å². The van der Waals surface area contributed by atoms with E-state index in [-0.39, 0.29) is 11.7 Å². The highest BCUT2D eigenvalue weighted by atomic mass is 32.1. The van der Waals surface area contributed by atoms with Gasteiger partial charge in [0, 0.05) is 30.6 Å². The first-order chi connectivity index (χ1) is 16.9. The van der Waals surface area contributed by atoms with Crippen LogP contribution in [0, 0.1) is 11.7 Å². The van der Waals surface area contributed by atoms with Crippen molar-refractivity contribution in [2.45, 2.75) is 39.8 Å². The van der Waals surface area contributed by atoms with E-state index in [9.17, 15) is 9.18 Å². The van der Waals surface area contributed by atoms with Gasteiger partial charge in [-0.1, -0.05) is 38.1 Å². The number of halogens is 1. The Morgan fingerprint density at radius 1 is 1.11 bits per heavy atom. The van der Waals surface area contributed by atoms with Crippen LogP contribution in [0.4, 0.5) is 4.39 Å². The van der Waals surface area contributed by atoms with Gasteiger partial charge in [0.2, 0.25) is 0 Å². The molecule has 0 fully saturated rings. The molecule has 2 aromatic carbocycles. The third-order valence-electron chi connectivity index (χ3n) is 5.67. The quantitative estimate of drug-likeness (QED) is 0.345. The number of carbonyl (C=O) groups excluding carboxylic acids is 1. The third-order valence-corrected chi connectivity index (χ3v) is 6.50. The SMILES string of the molecule is COc1ccc(CCN(Cc2nc(C(=O)NCCC(C)C)cs2)Cc2ccccc2F)cc1OC. The molecule has 0 spiro atoms. The van der Waals surface area contributed by atoms with Crippen molar-refractivity contribution < 1.29 is 18.7 Å². The number of nitrogens with zero attached hydrogens (tertiary/aromatic N) is 2. The largest absolute Gasteiger partial charge is 0.493 e. The fourth-order valence-electron chi connectivity index (χ4n) is 3.65. The molecule has 3 aromatic rings. The van der Waals surface area contributed by atoms with E-state index in [1.54, 1.807) is 31.7 Å². The molecule has 0 unspecified atom stereocenters. The Hall–Kier alpha value is -2.97. The first-order valence-corrected chi connectivity index (χ1v) is 12.7. The van der Waals surface area contributed by atoms with Crippen LogP contribution in [0.25, 0.3) is 0 Å². The summed E-state index contributed by atoms with van der Waals surface area (Å²) in [5.74, 6) is 1.51. The third kappa shape index (κ3) is 8.04. The van der Waals surface area contributed by atoms with Crippen LogP contribution in [0.5, 0.6) is 11.5 Å². The lowest BCUT2D eigenvalue weighted by Gasteiger charge is -2.22. The molecule has 8 heteroatoms. The van der Waals surface area contributed by atoms with Gasteiger partial charge in [-0.05, 0) is 42.5 Å². The molecule has 1 amide bonds. The molecule has 0 atom stereocenters. The molecule has 3 rings (SSSR count). The van der Waals surface area contributed by atoms with Crippen molar-refractivity contribution in [3.8, 4) is 11.5 Å². The number of hydrogen-bond acceptors (Lipinski definition) is 6. The van der Waals surface area contributed by atoms with Crippen LogP contribution in [-0.2, 0) is 19.5 Å². The summed E-state index contributed by atoms with van der Waals surface area (Å²) in [6, 6.07) is 12.7. The molecule has 1 heterocycles. The average Bonchev–Trinajstić information content (AvgIpc) is 3.32. The van der Waals surface area contributed by atoms with Crippen molar-refractivity contribution in [1.82, 2.24) is 15.2 Å². The minimum atomic E-state index is -0.229. The monoisotopic (exact) mass is 499 g/mol. The smallest absolute Gasteiger partial charge is 0.270 e. The predicted molar refractivity (Wildman–Crippen MR) is 138 cm³/mol. The molecule has 0 saturated carbocycles. The Morgan fingerprint density at radius 3 is 2.60 bits per heavy atom. The van der Waals surface area contributed by atoms with E-state index >= 15 is 0 Å². The van der Waals surface area contributed by atoms with Crippen LogP contribution in [0.15, 0.2) is 47.8 Å². The van der Waals surface area contributed by atoms with Crippen molar-refractivity contribution >= 4 is 17.2 Å². The van der Waals surface area contributed by atoms with Crippen LogP contribution in [0.1, 0.15) is 46.9 Å². The summed E-state index contributed by atoms with van der Waals surface area (Å²) in [4.78, 5) is 19.1. The normalized spacial score (nSPS) is 11.2. The molecular formula is C27H34FN3O3S. The second kappa shape index (κ2) is 13.2. The number of nitrogens with one attached hydrogen (secondary N) is 1. The van der Waals surface area contributed by atoms with E-state index in [1.165, 1.54) is 17.4 Å². The van der Waals surface area contributed by atoms with Gasteiger partial charge in [0.15, 0.2) is 11.5 Å². The van der Waals surface area contributed by atoms with Gasteiger partial charge in [0.1, 0.15) is 16.5 Å². The van der Waals surface area contributed by atoms with Gasteiger partial charge < -0.3 is 14.8 Å². The highest BCUT2D eigenvalue weighted by Crippen LogP contribution is 2.28. The molecule has 35 heavy (non-hydrogen) atoms. The Morgan fingerprint density at radius 2 is 1.89 bits per heavy atom. The van der Waals surface area contributed by atoms with Crippen LogP contribution in [0.2, 0.25) is 0 Å². The van der Waals surface area contributed by atoms with Gasteiger partial charge in [0.05, 0.1) is 20.8 Å². The number of carbonyl (C=O) groups is 1. The lowest BCUT2D eigenvalue weighted by Crippen LogP contribution is -2.27. The lowest BCUT2D eigenvalue weighted by molar-refractivity contribution is 0.0947. The summed E-state index contributed by atoms with van der Waals surface area (Å²) >= 11 is 1.45. The maximum absolute atomic E-state index is 14.4. The number of hydrogen-bond donors (Lipinski definition) is 1. The molecule has 0 bridgehead atoms. The fraction of sp³-hybridized carbons (Fsp3) is 0.407. The predicted octanol–water partition coefficient (Wildman–Crippen LogP) is 5.32. The van der Waals surface area contributed by atoms with Gasteiger partial charge in [0.25, 0.3) is 5.91 Å². The summed E-state index contributed by atoms with van der Waals surface area (Å²) in [6.07, 6.45) is 1.66. The Bertz CT molecular complexity index is 1100. The minimum absolute atomic E-state index is 0.154. The van der Waals surface area contributed by atoms with Gasteiger partial charge in [-0.25, -0.2) is 9.37 Å². The maximum atomic E-state index is 14.4. The summed E-state index contributed by atoms with van der Waals surface area (Å²) in [5.41, 5.74) is 2.15. The minimum Gasteiger partial charge on any atom is -0.493 e. The molecule has 1 aromatic heterocycles. The summed E-state index contributed by atoms with van der Waals surface area (Å²) in [5, 5.41) is 5.54. The summed E-state index contributed by atoms with van der Waals surface area (Å²) in [6.45, 7) is 6.52. The zero-order chi connectivity index (χ0) is 25.2. The van der Waals surface area contributed by atoms with Gasteiger partial charge in [-0.2, -0.15) is 0 Å². The van der Waals surface area contributed by atoms with Gasteiger partial charge >= 0.3 is 0 Å². The molecule has 188 valence electrons. The van der Waals surface area contributed by atoms with Crippen molar-refractivity contribution in [2.24, 2.45) is 5.92 Å².